The molecule has 1 saturated carbocycles. The van der Waals surface area contributed by atoms with Crippen LogP contribution >= 0.6 is 0 Å². The zero-order valence-corrected chi connectivity index (χ0v) is 5.77. The first-order chi connectivity index (χ1) is 4.38. The molecule has 1 nitrogen and oxygen atoms in total. The number of hydrogen-bond donors (Lipinski definition) is 0. The molecule has 2 saturated heterocycles. The summed E-state index contributed by atoms with van der Waals surface area (Å²) in [5.74, 6) is 0. The number of nitrogens with zero attached hydrogens (tertiary/aromatic N) is 1. The SMILES string of the molecule is C1CN2CC3(CC3)C[C@@H]12. The molecule has 3 fully saturated rings. The van der Waals surface area contributed by atoms with Crippen molar-refractivity contribution in [1.29, 1.82) is 0 Å². The van der Waals surface area contributed by atoms with Gasteiger partial charge in [0, 0.05) is 12.6 Å². The van der Waals surface area contributed by atoms with Gasteiger partial charge in [-0.1, -0.05) is 0 Å². The zero-order chi connectivity index (χ0) is 5.90. The van der Waals surface area contributed by atoms with Gasteiger partial charge in [0.05, 0.1) is 0 Å². The smallest absolute Gasteiger partial charge is 0.0113 e. The van der Waals surface area contributed by atoms with Crippen LogP contribution in [0.5, 0.6) is 0 Å². The van der Waals surface area contributed by atoms with Crippen molar-refractivity contribution in [1.82, 2.24) is 4.90 Å². The highest BCUT2D eigenvalue weighted by Crippen LogP contribution is 2.57. The number of fused-ring (bicyclic) bond motifs is 1. The Bertz CT molecular complexity index is 135. The lowest BCUT2D eigenvalue weighted by Gasteiger charge is -2.34. The Hall–Kier alpha value is -0.0400. The van der Waals surface area contributed by atoms with Gasteiger partial charge < -0.3 is 0 Å². The van der Waals surface area contributed by atoms with E-state index in [9.17, 15) is 0 Å². The molecule has 0 amide bonds. The first-order valence-electron chi connectivity index (χ1n) is 4.12. The van der Waals surface area contributed by atoms with E-state index in [-0.39, 0.29) is 0 Å². The lowest BCUT2D eigenvalue weighted by molar-refractivity contribution is 0.139. The van der Waals surface area contributed by atoms with Crippen LogP contribution in [-0.2, 0) is 0 Å². The number of rotatable bonds is 0. The summed E-state index contributed by atoms with van der Waals surface area (Å²) in [5.41, 5.74) is 0.876. The molecule has 1 spiro atoms. The standard InChI is InChI=1S/C8H13N/c1-4-9-6-8(2-3-8)5-7(1)9/h7H,1-6H2/t7-/m1/s1. The Balaban J connectivity index is 1.85. The maximum Gasteiger partial charge on any atom is 0.0113 e. The quantitative estimate of drug-likeness (QED) is 0.468. The van der Waals surface area contributed by atoms with Gasteiger partial charge in [-0.3, -0.25) is 4.90 Å². The fourth-order valence-corrected chi connectivity index (χ4v) is 2.47. The predicted molar refractivity (Wildman–Crippen MR) is 36.3 cm³/mol. The molecular formula is C8H13N. The molecule has 0 aromatic carbocycles. The van der Waals surface area contributed by atoms with Gasteiger partial charge in [-0.25, -0.2) is 0 Å². The molecule has 2 aliphatic heterocycles. The van der Waals surface area contributed by atoms with Crippen LogP contribution in [0, 0.1) is 5.41 Å². The van der Waals surface area contributed by atoms with E-state index in [1.165, 1.54) is 19.5 Å². The van der Waals surface area contributed by atoms with Gasteiger partial charge in [-0.05, 0) is 37.6 Å². The van der Waals surface area contributed by atoms with Crippen molar-refractivity contribution in [2.75, 3.05) is 13.1 Å². The Labute approximate surface area is 56.0 Å². The molecule has 50 valence electrons. The highest BCUT2D eigenvalue weighted by Gasteiger charge is 2.54. The van der Waals surface area contributed by atoms with E-state index in [0.29, 0.717) is 0 Å². The average Bonchev–Trinajstić information content (AvgIpc) is 2.52. The van der Waals surface area contributed by atoms with E-state index >= 15 is 0 Å². The first kappa shape index (κ1) is 4.73. The van der Waals surface area contributed by atoms with Crippen LogP contribution in [-0.4, -0.2) is 24.0 Å². The summed E-state index contributed by atoms with van der Waals surface area (Å²) in [6.45, 7) is 2.87. The van der Waals surface area contributed by atoms with Crippen LogP contribution in [0.15, 0.2) is 0 Å². The lowest BCUT2D eigenvalue weighted by atomic mass is 9.99. The Morgan fingerprint density at radius 3 is 2.56 bits per heavy atom. The molecule has 2 heterocycles. The van der Waals surface area contributed by atoms with Crippen LogP contribution in [0.2, 0.25) is 0 Å². The molecule has 1 aliphatic carbocycles. The minimum atomic E-state index is 0.876. The summed E-state index contributed by atoms with van der Waals surface area (Å²) in [4.78, 5) is 2.67. The minimum absolute atomic E-state index is 0.876. The fourth-order valence-electron chi connectivity index (χ4n) is 2.47. The molecule has 0 aromatic heterocycles. The summed E-state index contributed by atoms with van der Waals surface area (Å²) in [7, 11) is 0. The molecule has 0 bridgehead atoms. The molecule has 3 aliphatic rings. The van der Waals surface area contributed by atoms with E-state index < -0.39 is 0 Å². The van der Waals surface area contributed by atoms with Crippen LogP contribution in [0.25, 0.3) is 0 Å². The highest BCUT2D eigenvalue weighted by molar-refractivity contribution is 5.07. The van der Waals surface area contributed by atoms with E-state index in [0.717, 1.165) is 11.5 Å². The predicted octanol–water partition coefficient (Wildman–Crippen LogP) is 1.24. The van der Waals surface area contributed by atoms with E-state index in [1.54, 1.807) is 19.3 Å². The third kappa shape index (κ3) is 0.493. The maximum atomic E-state index is 2.67. The summed E-state index contributed by atoms with van der Waals surface area (Å²) in [6, 6.07) is 1.03. The first-order valence-corrected chi connectivity index (χ1v) is 4.12. The lowest BCUT2D eigenvalue weighted by Crippen LogP contribution is -2.42. The van der Waals surface area contributed by atoms with E-state index in [4.69, 9.17) is 0 Å². The fraction of sp³-hybridized carbons (Fsp3) is 1.00. The van der Waals surface area contributed by atoms with Gasteiger partial charge in [0.1, 0.15) is 0 Å². The average molecular weight is 123 g/mol. The molecule has 0 unspecified atom stereocenters. The van der Waals surface area contributed by atoms with Gasteiger partial charge in [0.25, 0.3) is 0 Å². The Morgan fingerprint density at radius 2 is 2.22 bits per heavy atom. The molecular weight excluding hydrogens is 110 g/mol. The van der Waals surface area contributed by atoms with Crippen molar-refractivity contribution in [2.45, 2.75) is 31.7 Å². The van der Waals surface area contributed by atoms with Gasteiger partial charge >= 0.3 is 0 Å². The monoisotopic (exact) mass is 123 g/mol. The van der Waals surface area contributed by atoms with Crippen molar-refractivity contribution < 1.29 is 0 Å². The molecule has 0 N–H and O–H groups in total. The molecule has 1 atom stereocenters. The summed E-state index contributed by atoms with van der Waals surface area (Å²) in [5, 5.41) is 0. The molecule has 0 radical (unpaired) electrons. The minimum Gasteiger partial charge on any atom is -0.300 e. The molecule has 0 aromatic rings. The largest absolute Gasteiger partial charge is 0.300 e. The van der Waals surface area contributed by atoms with Crippen molar-refractivity contribution in [3.8, 4) is 0 Å². The second kappa shape index (κ2) is 1.20. The Kier molecular flexibility index (Phi) is 0.628. The van der Waals surface area contributed by atoms with Gasteiger partial charge in [0.2, 0.25) is 0 Å². The van der Waals surface area contributed by atoms with Crippen molar-refractivity contribution >= 4 is 0 Å². The third-order valence-corrected chi connectivity index (χ3v) is 3.43. The van der Waals surface area contributed by atoms with Crippen LogP contribution in [0.1, 0.15) is 25.7 Å². The van der Waals surface area contributed by atoms with E-state index in [2.05, 4.69) is 4.90 Å². The zero-order valence-electron chi connectivity index (χ0n) is 5.77. The van der Waals surface area contributed by atoms with Gasteiger partial charge in [-0.15, -0.1) is 0 Å². The molecule has 3 rings (SSSR count). The van der Waals surface area contributed by atoms with Gasteiger partial charge in [0.15, 0.2) is 0 Å². The molecule has 1 heteroatoms. The number of hydrogen-bond acceptors (Lipinski definition) is 1. The van der Waals surface area contributed by atoms with Gasteiger partial charge in [-0.2, -0.15) is 0 Å². The normalized spacial score (nSPS) is 44.7. The Morgan fingerprint density at radius 1 is 1.33 bits per heavy atom. The van der Waals surface area contributed by atoms with E-state index in [1.807, 2.05) is 0 Å². The summed E-state index contributed by atoms with van der Waals surface area (Å²) >= 11 is 0. The summed E-state index contributed by atoms with van der Waals surface area (Å²) in [6.07, 6.45) is 6.13. The second-order valence-corrected chi connectivity index (χ2v) is 4.12. The summed E-state index contributed by atoms with van der Waals surface area (Å²) < 4.78 is 0. The third-order valence-electron chi connectivity index (χ3n) is 3.43. The second-order valence-electron chi connectivity index (χ2n) is 4.12. The van der Waals surface area contributed by atoms with Crippen LogP contribution < -0.4 is 0 Å². The van der Waals surface area contributed by atoms with Crippen molar-refractivity contribution in [3.05, 3.63) is 0 Å². The van der Waals surface area contributed by atoms with Crippen molar-refractivity contribution in [2.24, 2.45) is 5.41 Å². The van der Waals surface area contributed by atoms with Crippen molar-refractivity contribution in [3.63, 3.8) is 0 Å². The topological polar surface area (TPSA) is 3.24 Å². The molecule has 9 heavy (non-hydrogen) atoms. The van der Waals surface area contributed by atoms with Crippen LogP contribution in [0.3, 0.4) is 0 Å². The highest BCUT2D eigenvalue weighted by atomic mass is 15.2. The van der Waals surface area contributed by atoms with Crippen LogP contribution in [0.4, 0.5) is 0 Å². The maximum absolute atomic E-state index is 2.67.